The zero-order valence-corrected chi connectivity index (χ0v) is 14.8. The van der Waals surface area contributed by atoms with Gasteiger partial charge in [-0.1, -0.05) is 36.4 Å². The van der Waals surface area contributed by atoms with E-state index in [1.807, 2.05) is 51.1 Å². The summed E-state index contributed by atoms with van der Waals surface area (Å²) in [4.78, 5) is 0. The molecule has 6 heteroatoms. The molecule has 0 amide bonds. The topological polar surface area (TPSA) is 66.4 Å². The highest BCUT2D eigenvalue weighted by Gasteiger charge is 2.57. The number of benzene rings is 1. The predicted octanol–water partition coefficient (Wildman–Crippen LogP) is 2.36. The Balaban J connectivity index is 1.68. The van der Waals surface area contributed by atoms with Crippen molar-refractivity contribution in [3.63, 3.8) is 0 Å². The summed E-state index contributed by atoms with van der Waals surface area (Å²) in [5.41, 5.74) is 1.04. The molecule has 25 heavy (non-hydrogen) atoms. The quantitative estimate of drug-likeness (QED) is 0.762. The molecule has 2 heterocycles. The van der Waals surface area contributed by atoms with Gasteiger partial charge in [-0.2, -0.15) is 0 Å². The predicted molar refractivity (Wildman–Crippen MR) is 90.5 cm³/mol. The highest BCUT2D eigenvalue weighted by Crippen LogP contribution is 2.40. The van der Waals surface area contributed by atoms with Gasteiger partial charge in [0.1, 0.15) is 31.0 Å². The summed E-state index contributed by atoms with van der Waals surface area (Å²) in [6.07, 6.45) is 0.468. The second-order valence-electron chi connectivity index (χ2n) is 6.70. The first-order valence-electron chi connectivity index (χ1n) is 8.57. The van der Waals surface area contributed by atoms with Gasteiger partial charge in [0, 0.05) is 0 Å². The lowest BCUT2D eigenvalue weighted by molar-refractivity contribution is -0.232. The Morgan fingerprint density at radius 3 is 2.72 bits per heavy atom. The molecule has 0 aliphatic carbocycles. The minimum Gasteiger partial charge on any atom is -0.499 e. The summed E-state index contributed by atoms with van der Waals surface area (Å²) in [7, 11) is 0. The zero-order chi connectivity index (χ0) is 17.9. The van der Waals surface area contributed by atoms with Crippen LogP contribution in [-0.2, 0) is 30.3 Å². The Hall–Kier alpha value is -1.44. The van der Waals surface area contributed by atoms with Crippen molar-refractivity contribution in [2.24, 2.45) is 0 Å². The summed E-state index contributed by atoms with van der Waals surface area (Å²) in [6.45, 7) is 6.04. The van der Waals surface area contributed by atoms with Gasteiger partial charge in [0.05, 0.1) is 12.9 Å². The average molecular weight is 350 g/mol. The second kappa shape index (κ2) is 7.85. The van der Waals surface area contributed by atoms with Gasteiger partial charge in [0.2, 0.25) is 0 Å². The molecule has 1 aromatic carbocycles. The third-order valence-electron chi connectivity index (χ3n) is 4.19. The van der Waals surface area contributed by atoms with Gasteiger partial charge < -0.3 is 28.8 Å². The first-order valence-corrected chi connectivity index (χ1v) is 8.57. The maximum absolute atomic E-state index is 10.5. The number of aliphatic hydroxyl groups is 1. The van der Waals surface area contributed by atoms with E-state index in [-0.39, 0.29) is 12.7 Å². The van der Waals surface area contributed by atoms with Crippen molar-refractivity contribution >= 4 is 0 Å². The lowest BCUT2D eigenvalue weighted by atomic mass is 10.1. The van der Waals surface area contributed by atoms with Crippen molar-refractivity contribution in [2.45, 2.75) is 63.9 Å². The molecule has 0 radical (unpaired) electrons. The average Bonchev–Trinajstić information content (AvgIpc) is 3.06. The number of aliphatic hydroxyl groups excluding tert-OH is 1. The molecule has 0 aromatic heterocycles. The minimum atomic E-state index is -0.849. The van der Waals surface area contributed by atoms with Crippen LogP contribution in [0.2, 0.25) is 0 Å². The third kappa shape index (κ3) is 4.40. The fourth-order valence-corrected chi connectivity index (χ4v) is 3.12. The summed E-state index contributed by atoms with van der Waals surface area (Å²) in [6, 6.07) is 9.86. The molecule has 5 atom stereocenters. The van der Waals surface area contributed by atoms with Crippen LogP contribution in [0.1, 0.15) is 26.3 Å². The van der Waals surface area contributed by atoms with Crippen molar-refractivity contribution in [1.29, 1.82) is 0 Å². The highest BCUT2D eigenvalue weighted by molar-refractivity contribution is 5.13. The number of allylic oxidation sites excluding steroid dienone is 1. The van der Waals surface area contributed by atoms with E-state index in [1.165, 1.54) is 6.26 Å². The largest absolute Gasteiger partial charge is 0.499 e. The van der Waals surface area contributed by atoms with Gasteiger partial charge in [0.25, 0.3) is 0 Å². The number of hydrogen-bond acceptors (Lipinski definition) is 6. The number of rotatable bonds is 7. The molecule has 2 fully saturated rings. The van der Waals surface area contributed by atoms with Crippen molar-refractivity contribution in [1.82, 2.24) is 0 Å². The van der Waals surface area contributed by atoms with Gasteiger partial charge in [-0.05, 0) is 26.3 Å². The van der Waals surface area contributed by atoms with Crippen LogP contribution in [0.5, 0.6) is 0 Å². The first-order chi connectivity index (χ1) is 12.0. The maximum Gasteiger partial charge on any atom is 0.190 e. The minimum absolute atomic E-state index is 0.114. The Labute approximate surface area is 148 Å². The SMILES string of the molecule is C/C=C\OC[C@@H](O)[C@H]1O[C@@H]2OC(C)(C)O[C@@H]2[C@H]1OCc1ccccc1. The Morgan fingerprint density at radius 1 is 1.24 bits per heavy atom. The van der Waals surface area contributed by atoms with Crippen molar-refractivity contribution in [3.05, 3.63) is 48.2 Å². The molecule has 0 unspecified atom stereocenters. The van der Waals surface area contributed by atoms with Crippen LogP contribution in [0.15, 0.2) is 42.7 Å². The molecule has 0 saturated carbocycles. The van der Waals surface area contributed by atoms with Crippen molar-refractivity contribution < 1.29 is 28.8 Å². The lowest BCUT2D eigenvalue weighted by Crippen LogP contribution is -2.44. The smallest absolute Gasteiger partial charge is 0.190 e. The van der Waals surface area contributed by atoms with Gasteiger partial charge in [0.15, 0.2) is 12.1 Å². The van der Waals surface area contributed by atoms with E-state index in [0.717, 1.165) is 5.56 Å². The zero-order valence-electron chi connectivity index (χ0n) is 14.8. The third-order valence-corrected chi connectivity index (χ3v) is 4.19. The number of ether oxygens (including phenoxy) is 5. The molecule has 6 nitrogen and oxygen atoms in total. The Bertz CT molecular complexity index is 573. The molecule has 2 saturated heterocycles. The normalized spacial score (nSPS) is 32.0. The van der Waals surface area contributed by atoms with Gasteiger partial charge in [-0.25, -0.2) is 0 Å². The van der Waals surface area contributed by atoms with Gasteiger partial charge in [-0.3, -0.25) is 0 Å². The van der Waals surface area contributed by atoms with Crippen LogP contribution in [0.4, 0.5) is 0 Å². The highest BCUT2D eigenvalue weighted by atomic mass is 16.8. The van der Waals surface area contributed by atoms with Crippen LogP contribution in [0, 0.1) is 0 Å². The molecule has 3 rings (SSSR count). The molecule has 1 aromatic rings. The molecular weight excluding hydrogens is 324 g/mol. The Morgan fingerprint density at radius 2 is 2.00 bits per heavy atom. The summed E-state index contributed by atoms with van der Waals surface area (Å²) >= 11 is 0. The summed E-state index contributed by atoms with van der Waals surface area (Å²) < 4.78 is 29.0. The molecule has 0 bridgehead atoms. The number of hydrogen-bond donors (Lipinski definition) is 1. The van der Waals surface area contributed by atoms with Crippen LogP contribution >= 0.6 is 0 Å². The van der Waals surface area contributed by atoms with E-state index in [0.29, 0.717) is 6.61 Å². The molecule has 0 spiro atoms. The molecular formula is C19H26O6. The number of fused-ring (bicyclic) bond motifs is 1. The monoisotopic (exact) mass is 350 g/mol. The van der Waals surface area contributed by atoms with E-state index in [9.17, 15) is 5.11 Å². The van der Waals surface area contributed by atoms with Gasteiger partial charge >= 0.3 is 0 Å². The molecule has 138 valence electrons. The standard InChI is InChI=1S/C19H26O6/c1-4-10-21-12-14(20)15-16(22-11-13-8-6-5-7-9-13)17-18(23-15)25-19(2,3)24-17/h4-10,14-18,20H,11-12H2,1-3H3/b10-4-/t14-,15-,16+,17-,18-/m1/s1. The summed E-state index contributed by atoms with van der Waals surface area (Å²) in [5, 5.41) is 10.5. The van der Waals surface area contributed by atoms with Gasteiger partial charge in [-0.15, -0.1) is 0 Å². The van der Waals surface area contributed by atoms with E-state index < -0.39 is 30.4 Å². The van der Waals surface area contributed by atoms with E-state index in [2.05, 4.69) is 0 Å². The van der Waals surface area contributed by atoms with E-state index >= 15 is 0 Å². The second-order valence-corrected chi connectivity index (χ2v) is 6.70. The fourth-order valence-electron chi connectivity index (χ4n) is 3.12. The van der Waals surface area contributed by atoms with Crippen molar-refractivity contribution in [2.75, 3.05) is 6.61 Å². The van der Waals surface area contributed by atoms with E-state index in [4.69, 9.17) is 23.7 Å². The van der Waals surface area contributed by atoms with Crippen LogP contribution in [-0.4, -0.2) is 48.2 Å². The van der Waals surface area contributed by atoms with Crippen LogP contribution in [0.25, 0.3) is 0 Å². The Kier molecular flexibility index (Phi) is 5.76. The van der Waals surface area contributed by atoms with Crippen molar-refractivity contribution in [3.8, 4) is 0 Å². The molecule has 1 N–H and O–H groups in total. The molecule has 2 aliphatic rings. The van der Waals surface area contributed by atoms with Crippen LogP contribution in [0.3, 0.4) is 0 Å². The van der Waals surface area contributed by atoms with Crippen LogP contribution < -0.4 is 0 Å². The summed E-state index contributed by atoms with van der Waals surface area (Å²) in [5.74, 6) is -0.735. The first kappa shape index (κ1) is 18.4. The van der Waals surface area contributed by atoms with E-state index in [1.54, 1.807) is 6.08 Å². The fraction of sp³-hybridized carbons (Fsp3) is 0.579. The lowest BCUT2D eigenvalue weighted by Gasteiger charge is -2.28. The maximum atomic E-state index is 10.5. The molecule has 2 aliphatic heterocycles.